The molecular formula is C17H28N6O6. The van der Waals surface area contributed by atoms with Crippen molar-refractivity contribution in [2.75, 3.05) is 6.61 Å². The molecule has 1 rings (SSSR count). The lowest BCUT2D eigenvalue weighted by Gasteiger charge is -2.26. The third-order valence-corrected chi connectivity index (χ3v) is 4.12. The Kier molecular flexibility index (Phi) is 9.22. The van der Waals surface area contributed by atoms with Gasteiger partial charge in [-0.2, -0.15) is 0 Å². The Balaban J connectivity index is 2.94. The van der Waals surface area contributed by atoms with Gasteiger partial charge in [0.15, 0.2) is 0 Å². The maximum absolute atomic E-state index is 12.8. The number of hydrogen-bond donors (Lipinski definition) is 7. The van der Waals surface area contributed by atoms with Crippen LogP contribution in [-0.2, 0) is 25.6 Å². The van der Waals surface area contributed by atoms with E-state index in [0.29, 0.717) is 5.69 Å². The number of aromatic amines is 1. The number of hydrogen-bond acceptors (Lipinski definition) is 7. The van der Waals surface area contributed by atoms with Crippen molar-refractivity contribution in [1.29, 1.82) is 0 Å². The molecule has 0 saturated carbocycles. The zero-order chi connectivity index (χ0) is 22.1. The van der Waals surface area contributed by atoms with Crippen LogP contribution in [0.1, 0.15) is 26.5 Å². The summed E-state index contributed by atoms with van der Waals surface area (Å²) in [4.78, 5) is 54.9. The number of nitrogens with zero attached hydrogens (tertiary/aromatic N) is 1. The second-order valence-electron chi connectivity index (χ2n) is 6.93. The summed E-state index contributed by atoms with van der Waals surface area (Å²) in [6.07, 6.45) is 2.91. The second-order valence-corrected chi connectivity index (χ2v) is 6.93. The minimum atomic E-state index is -1.22. The zero-order valence-corrected chi connectivity index (χ0v) is 16.5. The normalized spacial score (nSPS) is 15.1. The molecule has 162 valence electrons. The maximum atomic E-state index is 12.8. The average molecular weight is 412 g/mol. The summed E-state index contributed by atoms with van der Waals surface area (Å²) in [6, 6.07) is -4.49. The number of amides is 3. The third kappa shape index (κ3) is 7.50. The van der Waals surface area contributed by atoms with Gasteiger partial charge in [0.1, 0.15) is 24.2 Å². The quantitative estimate of drug-likeness (QED) is 0.206. The molecule has 0 aliphatic rings. The fourth-order valence-electron chi connectivity index (χ4n) is 2.34. The van der Waals surface area contributed by atoms with E-state index in [-0.39, 0.29) is 12.3 Å². The first-order valence-corrected chi connectivity index (χ1v) is 9.04. The van der Waals surface area contributed by atoms with E-state index < -0.39 is 54.5 Å². The molecule has 29 heavy (non-hydrogen) atoms. The SMILES string of the molecule is CC(NC(=O)C(NC(=O)C(Cc1cnc[nH]1)NC(=O)C(N)CO)C(C)C)C(=O)O. The highest BCUT2D eigenvalue weighted by Gasteiger charge is 2.31. The molecule has 3 amide bonds. The van der Waals surface area contributed by atoms with Gasteiger partial charge in [0.2, 0.25) is 17.7 Å². The number of aromatic nitrogens is 2. The number of aliphatic hydroxyl groups is 1. The molecule has 0 saturated heterocycles. The van der Waals surface area contributed by atoms with Gasteiger partial charge in [0, 0.05) is 18.3 Å². The number of aliphatic carboxylic acids is 1. The summed E-state index contributed by atoms with van der Waals surface area (Å²) in [5.74, 6) is -3.65. The predicted molar refractivity (Wildman–Crippen MR) is 101 cm³/mol. The van der Waals surface area contributed by atoms with Crippen LogP contribution in [0, 0.1) is 5.92 Å². The smallest absolute Gasteiger partial charge is 0.325 e. The van der Waals surface area contributed by atoms with E-state index in [9.17, 15) is 19.2 Å². The topological polar surface area (TPSA) is 200 Å². The molecular weight excluding hydrogens is 384 g/mol. The van der Waals surface area contributed by atoms with Crippen LogP contribution in [0.5, 0.6) is 0 Å². The third-order valence-electron chi connectivity index (χ3n) is 4.12. The van der Waals surface area contributed by atoms with Gasteiger partial charge in [-0.3, -0.25) is 19.2 Å². The molecule has 0 bridgehead atoms. The van der Waals surface area contributed by atoms with Gasteiger partial charge in [-0.15, -0.1) is 0 Å². The number of carboxylic acid groups (broad SMARTS) is 1. The largest absolute Gasteiger partial charge is 0.480 e. The molecule has 0 aliphatic heterocycles. The fraction of sp³-hybridized carbons (Fsp3) is 0.588. The number of nitrogens with one attached hydrogen (secondary N) is 4. The Hall–Kier alpha value is -2.99. The van der Waals surface area contributed by atoms with Gasteiger partial charge in [-0.1, -0.05) is 13.8 Å². The minimum absolute atomic E-state index is 0.0354. The van der Waals surface area contributed by atoms with Gasteiger partial charge in [0.05, 0.1) is 12.9 Å². The highest BCUT2D eigenvalue weighted by atomic mass is 16.4. The number of nitrogens with two attached hydrogens (primary N) is 1. The van der Waals surface area contributed by atoms with Gasteiger partial charge >= 0.3 is 5.97 Å². The van der Waals surface area contributed by atoms with E-state index in [0.717, 1.165) is 0 Å². The Labute approximate surface area is 167 Å². The van der Waals surface area contributed by atoms with Crippen molar-refractivity contribution >= 4 is 23.7 Å². The van der Waals surface area contributed by atoms with Crippen molar-refractivity contribution in [3.63, 3.8) is 0 Å². The minimum Gasteiger partial charge on any atom is -0.480 e. The zero-order valence-electron chi connectivity index (χ0n) is 16.5. The van der Waals surface area contributed by atoms with E-state index in [1.165, 1.54) is 19.4 Å². The van der Waals surface area contributed by atoms with Crippen LogP contribution < -0.4 is 21.7 Å². The van der Waals surface area contributed by atoms with Crippen LogP contribution in [0.25, 0.3) is 0 Å². The second kappa shape index (κ2) is 11.1. The molecule has 0 fully saturated rings. The van der Waals surface area contributed by atoms with Crippen molar-refractivity contribution in [3.8, 4) is 0 Å². The highest BCUT2D eigenvalue weighted by molar-refractivity contribution is 5.94. The van der Waals surface area contributed by atoms with Crippen LogP contribution in [-0.4, -0.2) is 74.6 Å². The summed E-state index contributed by atoms with van der Waals surface area (Å²) in [5, 5.41) is 25.3. The first kappa shape index (κ1) is 24.0. The van der Waals surface area contributed by atoms with Crippen LogP contribution in [0.2, 0.25) is 0 Å². The van der Waals surface area contributed by atoms with Gasteiger partial charge in [-0.25, -0.2) is 4.98 Å². The molecule has 4 atom stereocenters. The van der Waals surface area contributed by atoms with E-state index in [1.54, 1.807) is 13.8 Å². The molecule has 0 aliphatic carbocycles. The molecule has 1 heterocycles. The Bertz CT molecular complexity index is 707. The lowest BCUT2D eigenvalue weighted by Crippen LogP contribution is -2.59. The number of aliphatic hydroxyl groups excluding tert-OH is 1. The summed E-state index contributed by atoms with van der Waals surface area (Å²) in [6.45, 7) is 4.06. The van der Waals surface area contributed by atoms with E-state index in [1.807, 2.05) is 0 Å². The number of imidazole rings is 1. The predicted octanol–water partition coefficient (Wildman–Crippen LogP) is -2.51. The summed E-state index contributed by atoms with van der Waals surface area (Å²) < 4.78 is 0. The number of rotatable bonds is 11. The summed E-state index contributed by atoms with van der Waals surface area (Å²) in [7, 11) is 0. The maximum Gasteiger partial charge on any atom is 0.325 e. The van der Waals surface area contributed by atoms with E-state index >= 15 is 0 Å². The number of carbonyl (C=O) groups excluding carboxylic acids is 3. The molecule has 0 spiro atoms. The lowest BCUT2D eigenvalue weighted by molar-refractivity contribution is -0.142. The van der Waals surface area contributed by atoms with Crippen LogP contribution in [0.4, 0.5) is 0 Å². The van der Waals surface area contributed by atoms with E-state index in [2.05, 4.69) is 25.9 Å². The molecule has 1 aromatic rings. The van der Waals surface area contributed by atoms with Gasteiger partial charge in [0.25, 0.3) is 0 Å². The number of H-pyrrole nitrogens is 1. The van der Waals surface area contributed by atoms with Crippen molar-refractivity contribution in [1.82, 2.24) is 25.9 Å². The van der Waals surface area contributed by atoms with E-state index in [4.69, 9.17) is 15.9 Å². The van der Waals surface area contributed by atoms with Crippen LogP contribution in [0.3, 0.4) is 0 Å². The summed E-state index contributed by atoms with van der Waals surface area (Å²) >= 11 is 0. The molecule has 0 radical (unpaired) electrons. The monoisotopic (exact) mass is 412 g/mol. The molecule has 8 N–H and O–H groups in total. The fourth-order valence-corrected chi connectivity index (χ4v) is 2.34. The number of carbonyl (C=O) groups is 4. The molecule has 0 aromatic carbocycles. The van der Waals surface area contributed by atoms with Crippen molar-refractivity contribution < 1.29 is 29.4 Å². The highest BCUT2D eigenvalue weighted by Crippen LogP contribution is 2.06. The first-order chi connectivity index (χ1) is 13.6. The molecule has 4 unspecified atom stereocenters. The average Bonchev–Trinajstić information content (AvgIpc) is 3.16. The van der Waals surface area contributed by atoms with Gasteiger partial charge < -0.3 is 36.9 Å². The van der Waals surface area contributed by atoms with Crippen molar-refractivity contribution in [3.05, 3.63) is 18.2 Å². The molecule has 1 aromatic heterocycles. The standard InChI is InChI=1S/C17H28N6O6/c1-8(2)13(16(27)21-9(3)17(28)29)23-15(26)12(4-10-5-19-7-20-10)22-14(25)11(18)6-24/h5,7-9,11-13,24H,4,6,18H2,1-3H3,(H,19,20)(H,21,27)(H,22,25)(H,23,26)(H,28,29). The van der Waals surface area contributed by atoms with Gasteiger partial charge in [-0.05, 0) is 12.8 Å². The Morgan fingerprint density at radius 1 is 1.10 bits per heavy atom. The Morgan fingerprint density at radius 3 is 2.24 bits per heavy atom. The molecule has 12 heteroatoms. The van der Waals surface area contributed by atoms with Crippen LogP contribution >= 0.6 is 0 Å². The van der Waals surface area contributed by atoms with Crippen LogP contribution in [0.15, 0.2) is 12.5 Å². The first-order valence-electron chi connectivity index (χ1n) is 9.04. The van der Waals surface area contributed by atoms with Crippen molar-refractivity contribution in [2.24, 2.45) is 11.7 Å². The lowest BCUT2D eigenvalue weighted by atomic mass is 10.0. The Morgan fingerprint density at radius 2 is 1.76 bits per heavy atom. The number of carboxylic acids is 1. The van der Waals surface area contributed by atoms with Crippen molar-refractivity contribution in [2.45, 2.75) is 51.4 Å². The molecule has 12 nitrogen and oxygen atoms in total. The summed E-state index contributed by atoms with van der Waals surface area (Å²) in [5.41, 5.74) is 6.03.